The molecule has 0 saturated heterocycles. The van der Waals surface area contributed by atoms with Crippen LogP contribution in [-0.2, 0) is 22.6 Å². The zero-order chi connectivity index (χ0) is 20.5. The summed E-state index contributed by atoms with van der Waals surface area (Å²) in [4.78, 5) is 27.1. The van der Waals surface area contributed by atoms with Gasteiger partial charge in [0.15, 0.2) is 0 Å². The van der Waals surface area contributed by atoms with Crippen molar-refractivity contribution in [3.8, 4) is 11.5 Å². The Morgan fingerprint density at radius 2 is 1.68 bits per heavy atom. The zero-order valence-corrected chi connectivity index (χ0v) is 16.9. The van der Waals surface area contributed by atoms with Gasteiger partial charge in [-0.1, -0.05) is 24.3 Å². The van der Waals surface area contributed by atoms with Gasteiger partial charge in [-0.25, -0.2) is 0 Å². The van der Waals surface area contributed by atoms with Gasteiger partial charge in [0.25, 0.3) is 0 Å². The maximum atomic E-state index is 13.1. The van der Waals surface area contributed by atoms with Gasteiger partial charge in [-0.05, 0) is 49.2 Å². The molecule has 0 aliphatic rings. The lowest BCUT2D eigenvalue weighted by atomic mass is 10.1. The number of hydrogen-bond donors (Lipinski definition) is 1. The van der Waals surface area contributed by atoms with E-state index in [-0.39, 0.29) is 18.2 Å². The molecule has 0 saturated carbocycles. The number of rotatable bonds is 9. The third-order valence-electron chi connectivity index (χ3n) is 4.52. The summed E-state index contributed by atoms with van der Waals surface area (Å²) in [5, 5.41) is 2.79. The summed E-state index contributed by atoms with van der Waals surface area (Å²) in [6.45, 7) is 4.45. The van der Waals surface area contributed by atoms with Crippen LogP contribution in [0, 0.1) is 0 Å². The van der Waals surface area contributed by atoms with Crippen molar-refractivity contribution >= 4 is 11.8 Å². The number of methoxy groups -OCH3 is 2. The summed E-state index contributed by atoms with van der Waals surface area (Å²) < 4.78 is 10.4. The highest BCUT2D eigenvalue weighted by Gasteiger charge is 2.26. The van der Waals surface area contributed by atoms with E-state index in [0.717, 1.165) is 16.9 Å². The minimum atomic E-state index is -0.586. The monoisotopic (exact) mass is 384 g/mol. The predicted molar refractivity (Wildman–Crippen MR) is 108 cm³/mol. The molecule has 6 heteroatoms. The van der Waals surface area contributed by atoms with Crippen LogP contribution in [0.5, 0.6) is 11.5 Å². The number of nitrogens with zero attached hydrogens (tertiary/aromatic N) is 1. The minimum absolute atomic E-state index is 0.119. The van der Waals surface area contributed by atoms with E-state index in [1.54, 1.807) is 26.0 Å². The highest BCUT2D eigenvalue weighted by atomic mass is 16.5. The molecule has 28 heavy (non-hydrogen) atoms. The average Bonchev–Trinajstić information content (AvgIpc) is 2.72. The molecule has 0 heterocycles. The van der Waals surface area contributed by atoms with Gasteiger partial charge in [-0.2, -0.15) is 0 Å². The summed E-state index contributed by atoms with van der Waals surface area (Å²) >= 11 is 0. The second-order valence-electron chi connectivity index (χ2n) is 6.47. The van der Waals surface area contributed by atoms with Crippen LogP contribution in [0.4, 0.5) is 0 Å². The van der Waals surface area contributed by atoms with Gasteiger partial charge in [0.2, 0.25) is 11.8 Å². The van der Waals surface area contributed by atoms with Crippen LogP contribution >= 0.6 is 0 Å². The summed E-state index contributed by atoms with van der Waals surface area (Å²) in [6.07, 6.45) is 0.206. The summed E-state index contributed by atoms with van der Waals surface area (Å²) in [6, 6.07) is 14.3. The summed E-state index contributed by atoms with van der Waals surface area (Å²) in [7, 11) is 3.20. The summed E-state index contributed by atoms with van der Waals surface area (Å²) in [5.74, 6) is 1.16. The number of nitrogens with one attached hydrogen (secondary N) is 1. The van der Waals surface area contributed by atoms with Gasteiger partial charge in [-0.3, -0.25) is 9.59 Å². The lowest BCUT2D eigenvalue weighted by molar-refractivity contribution is -0.140. The number of amides is 2. The molecule has 1 atom stereocenters. The maximum absolute atomic E-state index is 13.1. The van der Waals surface area contributed by atoms with E-state index in [4.69, 9.17) is 9.47 Å². The fraction of sp³-hybridized carbons (Fsp3) is 0.364. The molecule has 0 aliphatic heterocycles. The molecule has 0 aliphatic carbocycles. The van der Waals surface area contributed by atoms with Crippen LogP contribution in [0.15, 0.2) is 48.5 Å². The lowest BCUT2D eigenvalue weighted by Gasteiger charge is -2.29. The van der Waals surface area contributed by atoms with Crippen molar-refractivity contribution in [3.63, 3.8) is 0 Å². The topological polar surface area (TPSA) is 67.9 Å². The molecular formula is C22H28N2O4. The number of carbonyl (C=O) groups excluding carboxylic acids is 2. The first-order chi connectivity index (χ1) is 13.5. The molecule has 0 radical (unpaired) electrons. The zero-order valence-electron chi connectivity index (χ0n) is 16.9. The Hall–Kier alpha value is -3.02. The minimum Gasteiger partial charge on any atom is -0.497 e. The van der Waals surface area contributed by atoms with Crippen molar-refractivity contribution in [3.05, 3.63) is 59.7 Å². The van der Waals surface area contributed by atoms with E-state index in [0.29, 0.717) is 18.8 Å². The molecule has 6 nitrogen and oxygen atoms in total. The van der Waals surface area contributed by atoms with Crippen molar-refractivity contribution in [1.29, 1.82) is 0 Å². The fourth-order valence-electron chi connectivity index (χ4n) is 2.89. The van der Waals surface area contributed by atoms with Crippen LogP contribution in [0.3, 0.4) is 0 Å². The molecule has 1 unspecified atom stereocenters. The highest BCUT2D eigenvalue weighted by molar-refractivity contribution is 5.88. The van der Waals surface area contributed by atoms with Gasteiger partial charge < -0.3 is 19.7 Å². The van der Waals surface area contributed by atoms with Crippen molar-refractivity contribution < 1.29 is 19.1 Å². The number of carbonyl (C=O) groups is 2. The van der Waals surface area contributed by atoms with Crippen LogP contribution in [0.25, 0.3) is 0 Å². The molecule has 0 aromatic heterocycles. The Kier molecular flexibility index (Phi) is 7.87. The normalized spacial score (nSPS) is 11.4. The molecule has 1 N–H and O–H groups in total. The van der Waals surface area contributed by atoms with Gasteiger partial charge in [0, 0.05) is 13.1 Å². The summed E-state index contributed by atoms with van der Waals surface area (Å²) in [5.41, 5.74) is 1.77. The molecule has 2 aromatic rings. The Morgan fingerprint density at radius 3 is 2.29 bits per heavy atom. The van der Waals surface area contributed by atoms with Crippen LogP contribution in [0.1, 0.15) is 25.0 Å². The van der Waals surface area contributed by atoms with E-state index in [1.807, 2.05) is 55.5 Å². The van der Waals surface area contributed by atoms with E-state index < -0.39 is 6.04 Å². The smallest absolute Gasteiger partial charge is 0.242 e. The predicted octanol–water partition coefficient (Wildman–Crippen LogP) is 2.80. The molecule has 2 aromatic carbocycles. The van der Waals surface area contributed by atoms with E-state index >= 15 is 0 Å². The van der Waals surface area contributed by atoms with Crippen molar-refractivity contribution in [1.82, 2.24) is 10.2 Å². The molecule has 0 fully saturated rings. The Balaban J connectivity index is 2.22. The SMILES string of the molecule is CCNC(=O)C(C)N(Cc1cccc(OC)c1)C(=O)Cc1ccc(OC)cc1. The quantitative estimate of drug-likeness (QED) is 0.722. The largest absolute Gasteiger partial charge is 0.497 e. The van der Waals surface area contributed by atoms with Crippen LogP contribution in [0.2, 0.25) is 0 Å². The van der Waals surface area contributed by atoms with Gasteiger partial charge in [0.1, 0.15) is 17.5 Å². The van der Waals surface area contributed by atoms with Gasteiger partial charge >= 0.3 is 0 Å². The number of hydrogen-bond acceptors (Lipinski definition) is 4. The van der Waals surface area contributed by atoms with Gasteiger partial charge in [0.05, 0.1) is 20.6 Å². The Labute approximate surface area is 166 Å². The Morgan fingerprint density at radius 1 is 1.00 bits per heavy atom. The van der Waals surface area contributed by atoms with Crippen LogP contribution in [-0.4, -0.2) is 43.5 Å². The van der Waals surface area contributed by atoms with E-state index in [9.17, 15) is 9.59 Å². The van der Waals surface area contributed by atoms with Gasteiger partial charge in [-0.15, -0.1) is 0 Å². The standard InChI is InChI=1S/C22H28N2O4/c1-5-23-22(26)16(2)24(15-18-7-6-8-20(13-18)28-4)21(25)14-17-9-11-19(27-3)12-10-17/h6-13,16H,5,14-15H2,1-4H3,(H,23,26). The third kappa shape index (κ3) is 5.74. The average molecular weight is 384 g/mol. The molecule has 0 bridgehead atoms. The third-order valence-corrected chi connectivity index (χ3v) is 4.52. The molecule has 0 spiro atoms. The molecule has 2 rings (SSSR count). The second-order valence-corrected chi connectivity index (χ2v) is 6.47. The maximum Gasteiger partial charge on any atom is 0.242 e. The van der Waals surface area contributed by atoms with Crippen molar-refractivity contribution in [2.24, 2.45) is 0 Å². The number of benzene rings is 2. The van der Waals surface area contributed by atoms with Crippen molar-refractivity contribution in [2.45, 2.75) is 32.9 Å². The number of ether oxygens (including phenoxy) is 2. The lowest BCUT2D eigenvalue weighted by Crippen LogP contribution is -2.48. The highest BCUT2D eigenvalue weighted by Crippen LogP contribution is 2.18. The first-order valence-electron chi connectivity index (χ1n) is 9.31. The molecule has 2 amide bonds. The Bertz CT molecular complexity index is 789. The van der Waals surface area contributed by atoms with Crippen molar-refractivity contribution in [2.75, 3.05) is 20.8 Å². The first kappa shape index (κ1) is 21.3. The number of likely N-dealkylation sites (N-methyl/N-ethyl adjacent to an activating group) is 1. The van der Waals surface area contributed by atoms with E-state index in [2.05, 4.69) is 5.32 Å². The molecular weight excluding hydrogens is 356 g/mol. The first-order valence-corrected chi connectivity index (χ1v) is 9.31. The molecule has 150 valence electrons. The van der Waals surface area contributed by atoms with E-state index in [1.165, 1.54) is 0 Å². The fourth-order valence-corrected chi connectivity index (χ4v) is 2.89. The van der Waals surface area contributed by atoms with Crippen LogP contribution < -0.4 is 14.8 Å². The second kappa shape index (κ2) is 10.3.